The van der Waals surface area contributed by atoms with Gasteiger partial charge in [0, 0.05) is 38.7 Å². The fourth-order valence-electron chi connectivity index (χ4n) is 6.29. The summed E-state index contributed by atoms with van der Waals surface area (Å²) in [5.74, 6) is -1.54. The number of carbonyl (C=O) groups excluding carboxylic acids is 3. The zero-order chi connectivity index (χ0) is 42.5. The second-order valence-electron chi connectivity index (χ2n) is 16.3. The highest BCUT2D eigenvalue weighted by Gasteiger charge is 2.45. The van der Waals surface area contributed by atoms with Gasteiger partial charge in [0.05, 0.1) is 43.1 Å². The number of aryl methyl sites for hydroxylation is 1. The number of amides is 3. The summed E-state index contributed by atoms with van der Waals surface area (Å²) in [6.07, 6.45) is -0.445. The fraction of sp³-hybridized carbons (Fsp3) is 0.526. The average Bonchev–Trinajstić information content (AvgIpc) is 3.73. The number of carbonyl (C=O) groups is 3. The second-order valence-corrected chi connectivity index (χ2v) is 18.7. The van der Waals surface area contributed by atoms with Gasteiger partial charge in [-0.1, -0.05) is 45.0 Å². The van der Waals surface area contributed by atoms with E-state index in [4.69, 9.17) is 15.6 Å². The van der Waals surface area contributed by atoms with Gasteiger partial charge in [-0.05, 0) is 69.2 Å². The first kappa shape index (κ1) is 45.2. The number of aliphatic hydroxyl groups excluding tert-OH is 1. The summed E-state index contributed by atoms with van der Waals surface area (Å²) in [7, 11) is -4.13. The van der Waals surface area contributed by atoms with E-state index in [9.17, 15) is 38.0 Å². The van der Waals surface area contributed by atoms with Gasteiger partial charge in [0.1, 0.15) is 17.8 Å². The Morgan fingerprint density at radius 3 is 2.35 bits per heavy atom. The van der Waals surface area contributed by atoms with E-state index in [1.807, 2.05) is 31.2 Å². The first-order chi connectivity index (χ1) is 26.4. The van der Waals surface area contributed by atoms with Crippen molar-refractivity contribution in [2.75, 3.05) is 25.0 Å². The molecule has 1 aliphatic rings. The Morgan fingerprint density at radius 1 is 1.11 bits per heavy atom. The number of nitrogens with one attached hydrogen (secondary N) is 3. The normalized spacial score (nSPS) is 17.8. The lowest BCUT2D eigenvalue weighted by Gasteiger charge is -2.37. The summed E-state index contributed by atoms with van der Waals surface area (Å²) in [6, 6.07) is 9.07. The number of aromatic nitrogens is 1. The van der Waals surface area contributed by atoms with E-state index in [0.717, 1.165) is 27.8 Å². The van der Waals surface area contributed by atoms with Gasteiger partial charge in [0.25, 0.3) is 5.69 Å². The molecule has 312 valence electrons. The Bertz CT molecular complexity index is 2050. The molecule has 3 amide bonds. The van der Waals surface area contributed by atoms with Crippen molar-refractivity contribution in [2.45, 2.75) is 108 Å². The molecule has 19 heteroatoms. The Balaban J connectivity index is 1.32. The second kappa shape index (κ2) is 17.9. The molecule has 2 unspecified atom stereocenters. The van der Waals surface area contributed by atoms with Gasteiger partial charge in [0.2, 0.25) is 27.7 Å². The number of anilines is 1. The van der Waals surface area contributed by atoms with E-state index < -0.39 is 73.1 Å². The van der Waals surface area contributed by atoms with E-state index in [2.05, 4.69) is 20.9 Å². The molecule has 17 nitrogen and oxygen atoms in total. The third-order valence-corrected chi connectivity index (χ3v) is 11.7. The molecule has 1 aromatic heterocycles. The van der Waals surface area contributed by atoms with Gasteiger partial charge in [0.15, 0.2) is 0 Å². The highest BCUT2D eigenvalue weighted by molar-refractivity contribution is 7.89. The highest BCUT2D eigenvalue weighted by atomic mass is 32.2. The number of hydrogen-bond donors (Lipinski definition) is 6. The fourth-order valence-corrected chi connectivity index (χ4v) is 7.63. The summed E-state index contributed by atoms with van der Waals surface area (Å²) in [4.78, 5) is 58.4. The monoisotopic (exact) mass is 830 g/mol. The van der Waals surface area contributed by atoms with Crippen molar-refractivity contribution in [1.82, 2.24) is 20.5 Å². The van der Waals surface area contributed by atoms with E-state index in [-0.39, 0.29) is 49.7 Å². The molecule has 1 aliphatic heterocycles. The number of nitro benzene ring substituents is 1. The average molecular weight is 831 g/mol. The molecule has 0 aliphatic carbocycles. The van der Waals surface area contributed by atoms with E-state index in [0.29, 0.717) is 6.42 Å². The number of hydrogen-bond acceptors (Lipinski definition) is 13. The number of thiazole rings is 1. The summed E-state index contributed by atoms with van der Waals surface area (Å²) in [5.41, 5.74) is 7.73. The van der Waals surface area contributed by atoms with Crippen molar-refractivity contribution in [2.24, 2.45) is 16.3 Å². The molecular formula is C38H54N8O9S2. The molecule has 8 N–H and O–H groups in total. The maximum atomic E-state index is 14.1. The predicted octanol–water partition coefficient (Wildman–Crippen LogP) is 3.19. The van der Waals surface area contributed by atoms with Crippen LogP contribution in [0, 0.1) is 22.5 Å². The van der Waals surface area contributed by atoms with Crippen LogP contribution in [-0.4, -0.2) is 95.1 Å². The van der Waals surface area contributed by atoms with Crippen LogP contribution in [0.25, 0.3) is 10.4 Å². The van der Waals surface area contributed by atoms with Crippen molar-refractivity contribution in [1.29, 1.82) is 0 Å². The maximum absolute atomic E-state index is 14.1. The first-order valence-electron chi connectivity index (χ1n) is 18.4. The molecule has 2 aromatic carbocycles. The molecule has 57 heavy (non-hydrogen) atoms. The molecule has 0 spiro atoms. The van der Waals surface area contributed by atoms with Crippen LogP contribution >= 0.6 is 11.3 Å². The summed E-state index contributed by atoms with van der Waals surface area (Å²) < 4.78 is 29.3. The van der Waals surface area contributed by atoms with Crippen molar-refractivity contribution >= 4 is 50.5 Å². The molecule has 1 fully saturated rings. The minimum atomic E-state index is -4.13. The van der Waals surface area contributed by atoms with Crippen molar-refractivity contribution < 1.29 is 37.6 Å². The number of benzene rings is 2. The first-order valence-corrected chi connectivity index (χ1v) is 20.9. The predicted molar refractivity (Wildman–Crippen MR) is 216 cm³/mol. The van der Waals surface area contributed by atoms with Crippen molar-refractivity contribution in [3.05, 3.63) is 69.3 Å². The van der Waals surface area contributed by atoms with Crippen LogP contribution in [0.1, 0.15) is 72.1 Å². The standard InChI is InChI=1S/C38H54N8O9S2/c1-23-31(56-22-43-23)25-10-8-24(9-11-25)20-42-33(48)30-18-26(47)21-45(30)34(49)32(36(2,3)4)44-35(50)38(7,39)15-17-55-37(5,6)14-16-41-28-13-12-27(57(40,53)54)19-29(28)46(51)52/h8-13,19,22,26,30,32,41,47H,14-18,20-21,39H2,1-7H3,(H,42,48)(H,44,50)(H2,40,53,54)/t26-,30+,32?,38?/m1/s1. The zero-order valence-electron chi connectivity index (χ0n) is 33.3. The molecule has 1 saturated heterocycles. The number of nitrogens with zero attached hydrogens (tertiary/aromatic N) is 3. The molecular weight excluding hydrogens is 777 g/mol. The molecule has 0 saturated carbocycles. The van der Waals surface area contributed by atoms with Crippen LogP contribution < -0.4 is 26.8 Å². The third kappa shape index (κ3) is 12.0. The summed E-state index contributed by atoms with van der Waals surface area (Å²) in [6.45, 7) is 12.8. The van der Waals surface area contributed by atoms with Crippen LogP contribution in [-0.2, 0) is 35.7 Å². The SMILES string of the molecule is Cc1ncsc1-c1ccc(CNC(=O)[C@@H]2C[C@@H](O)CN2C(=O)C(NC(=O)C(C)(N)CCOC(C)(C)CCNc2ccc(S(N)(=O)=O)cc2[N+](=O)[O-])C(C)(C)C)cc1. The molecule has 0 bridgehead atoms. The number of likely N-dealkylation sites (tertiary alicyclic amines) is 1. The third-order valence-electron chi connectivity index (χ3n) is 9.85. The van der Waals surface area contributed by atoms with Crippen LogP contribution in [0.15, 0.2) is 52.9 Å². The molecule has 4 atom stereocenters. The van der Waals surface area contributed by atoms with Gasteiger partial charge in [-0.2, -0.15) is 0 Å². The van der Waals surface area contributed by atoms with E-state index in [1.165, 1.54) is 24.0 Å². The Hall–Kier alpha value is -4.53. The Kier molecular flexibility index (Phi) is 14.2. The molecule has 4 rings (SSSR count). The molecule has 2 heterocycles. The lowest BCUT2D eigenvalue weighted by molar-refractivity contribution is -0.384. The van der Waals surface area contributed by atoms with Gasteiger partial charge in [-0.25, -0.2) is 18.5 Å². The minimum Gasteiger partial charge on any atom is -0.391 e. The van der Waals surface area contributed by atoms with Crippen LogP contribution in [0.2, 0.25) is 0 Å². The minimum absolute atomic E-state index is 0.0466. The van der Waals surface area contributed by atoms with Gasteiger partial charge in [-0.15, -0.1) is 11.3 Å². The Morgan fingerprint density at radius 2 is 1.77 bits per heavy atom. The van der Waals surface area contributed by atoms with Gasteiger partial charge in [-0.3, -0.25) is 24.5 Å². The number of nitro groups is 1. The number of nitrogens with two attached hydrogens (primary N) is 2. The summed E-state index contributed by atoms with van der Waals surface area (Å²) >= 11 is 1.55. The van der Waals surface area contributed by atoms with Crippen LogP contribution in [0.5, 0.6) is 0 Å². The van der Waals surface area contributed by atoms with Crippen molar-refractivity contribution in [3.63, 3.8) is 0 Å². The number of sulfonamides is 1. The van der Waals surface area contributed by atoms with Gasteiger partial charge < -0.3 is 36.4 Å². The van der Waals surface area contributed by atoms with E-state index in [1.54, 1.807) is 51.5 Å². The van der Waals surface area contributed by atoms with Gasteiger partial charge >= 0.3 is 0 Å². The lowest BCUT2D eigenvalue weighted by Crippen LogP contribution is -2.62. The van der Waals surface area contributed by atoms with Crippen LogP contribution in [0.4, 0.5) is 11.4 Å². The van der Waals surface area contributed by atoms with E-state index >= 15 is 0 Å². The Labute approximate surface area is 337 Å². The van der Waals surface area contributed by atoms with Crippen LogP contribution in [0.3, 0.4) is 0 Å². The number of rotatable bonds is 17. The number of aliphatic hydroxyl groups is 1. The largest absolute Gasteiger partial charge is 0.391 e. The lowest BCUT2D eigenvalue weighted by atomic mass is 9.84. The van der Waals surface area contributed by atoms with Crippen molar-refractivity contribution in [3.8, 4) is 10.4 Å². The summed E-state index contributed by atoms with van der Waals surface area (Å²) in [5, 5.41) is 35.9. The quantitative estimate of drug-likeness (QED) is 0.0847. The highest BCUT2D eigenvalue weighted by Crippen LogP contribution is 2.30. The number of primary sulfonamides is 1. The number of β-amino-alcohol motifs (C(OH)–C–C–N with tert-alkyl or cyclic N) is 1. The number of ether oxygens (including phenoxy) is 1. The molecule has 3 aromatic rings. The maximum Gasteiger partial charge on any atom is 0.293 e. The zero-order valence-corrected chi connectivity index (χ0v) is 35.0. The molecule has 0 radical (unpaired) electrons. The topological polar surface area (TPSA) is 262 Å². The smallest absolute Gasteiger partial charge is 0.293 e.